The Hall–Kier alpha value is -3.46. The molecule has 0 spiro atoms. The number of piperazine rings is 1. The molecule has 4 aromatic rings. The van der Waals surface area contributed by atoms with Gasteiger partial charge in [0.05, 0.1) is 36.4 Å². The van der Waals surface area contributed by atoms with E-state index in [2.05, 4.69) is 48.9 Å². The maximum Gasteiger partial charge on any atom is 0.228 e. The second-order valence-corrected chi connectivity index (χ2v) is 7.91. The highest BCUT2D eigenvalue weighted by Crippen LogP contribution is 2.31. The third-order valence-corrected chi connectivity index (χ3v) is 5.60. The molecule has 1 saturated heterocycles. The number of nitrogens with zero attached hydrogens (tertiary/aromatic N) is 6. The van der Waals surface area contributed by atoms with Crippen LogP contribution in [0.25, 0.3) is 21.9 Å². The maximum absolute atomic E-state index is 5.64. The van der Waals surface area contributed by atoms with Crippen molar-refractivity contribution < 1.29 is 4.74 Å². The zero-order chi connectivity index (χ0) is 21.4. The fraction of sp³-hybridized carbons (Fsp3) is 0.364. The van der Waals surface area contributed by atoms with Crippen molar-refractivity contribution in [1.29, 1.82) is 0 Å². The van der Waals surface area contributed by atoms with Gasteiger partial charge in [-0.25, -0.2) is 19.9 Å². The van der Waals surface area contributed by atoms with Crippen molar-refractivity contribution in [2.45, 2.75) is 19.9 Å². The number of fused-ring (bicyclic) bond motifs is 3. The summed E-state index contributed by atoms with van der Waals surface area (Å²) in [6, 6.07) is 6.19. The molecule has 160 valence electrons. The maximum atomic E-state index is 5.64. The zero-order valence-corrected chi connectivity index (χ0v) is 18.0. The van der Waals surface area contributed by atoms with Crippen LogP contribution in [0.3, 0.4) is 0 Å². The molecule has 0 amide bonds. The lowest BCUT2D eigenvalue weighted by Crippen LogP contribution is -2.43. The topological polar surface area (TPSA) is 93.0 Å². The number of imidazole rings is 1. The van der Waals surface area contributed by atoms with Crippen molar-refractivity contribution in [2.75, 3.05) is 43.5 Å². The summed E-state index contributed by atoms with van der Waals surface area (Å²) < 4.78 is 7.78. The number of anilines is 3. The molecule has 9 nitrogen and oxygen atoms in total. The molecule has 0 unspecified atom stereocenters. The van der Waals surface area contributed by atoms with Gasteiger partial charge in [-0.2, -0.15) is 0 Å². The molecule has 1 fully saturated rings. The van der Waals surface area contributed by atoms with Crippen LogP contribution < -0.4 is 20.3 Å². The first kappa shape index (κ1) is 19.5. The summed E-state index contributed by atoms with van der Waals surface area (Å²) in [6.07, 6.45) is 5.54. The summed E-state index contributed by atoms with van der Waals surface area (Å²) in [5.74, 6) is 1.90. The summed E-state index contributed by atoms with van der Waals surface area (Å²) >= 11 is 0. The first-order valence-electron chi connectivity index (χ1n) is 10.5. The Morgan fingerprint density at radius 3 is 2.71 bits per heavy atom. The Morgan fingerprint density at radius 2 is 1.94 bits per heavy atom. The summed E-state index contributed by atoms with van der Waals surface area (Å²) in [6.45, 7) is 8.04. The molecular formula is C22H26N8O. The van der Waals surface area contributed by atoms with E-state index in [9.17, 15) is 0 Å². The van der Waals surface area contributed by atoms with E-state index < -0.39 is 0 Å². The summed E-state index contributed by atoms with van der Waals surface area (Å²) in [7, 11) is 1.68. The van der Waals surface area contributed by atoms with E-state index in [-0.39, 0.29) is 6.04 Å². The third-order valence-electron chi connectivity index (χ3n) is 5.60. The van der Waals surface area contributed by atoms with Crippen LogP contribution in [0.15, 0.2) is 36.9 Å². The standard InChI is InChI=1S/C22H26N8O/c1-14(2)30-13-26-16-5-4-15-11-25-22(28-20(15)21(16)30)27-19-10-18(31-3)17(12-24-19)29-8-6-23-7-9-29/h4-5,10-14,23H,6-9H2,1-3H3,(H,24,25,27,28). The minimum absolute atomic E-state index is 0.283. The number of ether oxygens (including phenoxy) is 1. The van der Waals surface area contributed by atoms with Crippen LogP contribution in [0.1, 0.15) is 19.9 Å². The van der Waals surface area contributed by atoms with Gasteiger partial charge >= 0.3 is 0 Å². The second-order valence-electron chi connectivity index (χ2n) is 7.91. The lowest BCUT2D eigenvalue weighted by atomic mass is 10.2. The Bertz CT molecular complexity index is 1230. The predicted molar refractivity (Wildman–Crippen MR) is 122 cm³/mol. The number of hydrogen-bond acceptors (Lipinski definition) is 8. The smallest absolute Gasteiger partial charge is 0.228 e. The van der Waals surface area contributed by atoms with Crippen molar-refractivity contribution >= 4 is 39.4 Å². The highest BCUT2D eigenvalue weighted by molar-refractivity contribution is 6.02. The quantitative estimate of drug-likeness (QED) is 0.511. The third kappa shape index (κ3) is 3.61. The van der Waals surface area contributed by atoms with E-state index in [1.54, 1.807) is 7.11 Å². The number of hydrogen-bond donors (Lipinski definition) is 2. The predicted octanol–water partition coefficient (Wildman–Crippen LogP) is 3.12. The average Bonchev–Trinajstić information content (AvgIpc) is 3.25. The van der Waals surface area contributed by atoms with Crippen LogP contribution in [-0.4, -0.2) is 57.8 Å². The molecule has 1 aliphatic rings. The first-order valence-corrected chi connectivity index (χ1v) is 10.5. The van der Waals surface area contributed by atoms with Gasteiger partial charge in [-0.15, -0.1) is 0 Å². The molecule has 0 bridgehead atoms. The van der Waals surface area contributed by atoms with Crippen molar-refractivity contribution in [2.24, 2.45) is 0 Å². The average molecular weight is 419 g/mol. The van der Waals surface area contributed by atoms with Gasteiger partial charge in [-0.1, -0.05) is 0 Å². The van der Waals surface area contributed by atoms with Crippen LogP contribution in [0.5, 0.6) is 5.75 Å². The zero-order valence-electron chi connectivity index (χ0n) is 18.0. The molecule has 0 saturated carbocycles. The molecule has 3 aromatic heterocycles. The van der Waals surface area contributed by atoms with Crippen molar-refractivity contribution in [3.63, 3.8) is 0 Å². The number of methoxy groups -OCH3 is 1. The first-order chi connectivity index (χ1) is 15.1. The number of rotatable bonds is 5. The molecular weight excluding hydrogens is 392 g/mol. The summed E-state index contributed by atoms with van der Waals surface area (Å²) in [4.78, 5) is 20.7. The Labute approximate surface area is 180 Å². The highest BCUT2D eigenvalue weighted by atomic mass is 16.5. The van der Waals surface area contributed by atoms with Crippen molar-refractivity contribution in [3.05, 3.63) is 36.9 Å². The van der Waals surface area contributed by atoms with Gasteiger partial charge < -0.3 is 24.8 Å². The molecule has 9 heteroatoms. The van der Waals surface area contributed by atoms with Crippen molar-refractivity contribution in [3.8, 4) is 5.75 Å². The van der Waals surface area contributed by atoms with E-state index >= 15 is 0 Å². The lowest BCUT2D eigenvalue weighted by Gasteiger charge is -2.30. The molecule has 0 radical (unpaired) electrons. The Kier molecular flexibility index (Phi) is 5.03. The lowest BCUT2D eigenvalue weighted by molar-refractivity contribution is 0.412. The minimum atomic E-state index is 0.283. The van der Waals surface area contributed by atoms with Crippen LogP contribution >= 0.6 is 0 Å². The van der Waals surface area contributed by atoms with E-state index in [0.717, 1.165) is 59.6 Å². The number of aromatic nitrogens is 5. The largest absolute Gasteiger partial charge is 0.494 e. The molecule has 0 aliphatic carbocycles. The van der Waals surface area contributed by atoms with Crippen LogP contribution in [-0.2, 0) is 0 Å². The molecule has 2 N–H and O–H groups in total. The molecule has 5 rings (SSSR count). The van der Waals surface area contributed by atoms with E-state index in [1.165, 1.54) is 0 Å². The van der Waals surface area contributed by atoms with Gasteiger partial charge in [0.15, 0.2) is 0 Å². The number of nitrogens with one attached hydrogen (secondary N) is 2. The SMILES string of the molecule is COc1cc(Nc2ncc3ccc4ncn(C(C)C)c4c3n2)ncc1N1CCNCC1. The monoisotopic (exact) mass is 418 g/mol. The second kappa shape index (κ2) is 7.99. The van der Waals surface area contributed by atoms with Gasteiger partial charge in [0.2, 0.25) is 5.95 Å². The Morgan fingerprint density at radius 1 is 1.10 bits per heavy atom. The molecule has 0 atom stereocenters. The fourth-order valence-electron chi connectivity index (χ4n) is 3.98. The van der Waals surface area contributed by atoms with Crippen LogP contribution in [0, 0.1) is 0 Å². The van der Waals surface area contributed by atoms with Gasteiger partial charge in [0.25, 0.3) is 0 Å². The van der Waals surface area contributed by atoms with E-state index in [4.69, 9.17) is 9.72 Å². The molecule has 1 aromatic carbocycles. The van der Waals surface area contributed by atoms with Crippen LogP contribution in [0.2, 0.25) is 0 Å². The van der Waals surface area contributed by atoms with E-state index in [1.807, 2.05) is 36.9 Å². The fourth-order valence-corrected chi connectivity index (χ4v) is 3.98. The highest BCUT2D eigenvalue weighted by Gasteiger charge is 2.17. The van der Waals surface area contributed by atoms with E-state index in [0.29, 0.717) is 11.8 Å². The van der Waals surface area contributed by atoms with Gasteiger partial charge in [-0.3, -0.25) is 0 Å². The molecule has 31 heavy (non-hydrogen) atoms. The number of pyridine rings is 1. The Balaban J connectivity index is 1.50. The van der Waals surface area contributed by atoms with Crippen molar-refractivity contribution in [1.82, 2.24) is 29.8 Å². The van der Waals surface area contributed by atoms with Crippen LogP contribution in [0.4, 0.5) is 17.5 Å². The van der Waals surface area contributed by atoms with Gasteiger partial charge in [0.1, 0.15) is 17.1 Å². The summed E-state index contributed by atoms with van der Waals surface area (Å²) in [5.41, 5.74) is 3.80. The molecule has 4 heterocycles. The molecule has 1 aliphatic heterocycles. The normalized spacial score (nSPS) is 14.5. The number of benzene rings is 1. The van der Waals surface area contributed by atoms with Gasteiger partial charge in [-0.05, 0) is 26.0 Å². The summed E-state index contributed by atoms with van der Waals surface area (Å²) in [5, 5.41) is 7.57. The minimum Gasteiger partial charge on any atom is -0.494 e. The van der Waals surface area contributed by atoms with Gasteiger partial charge in [0, 0.05) is 49.9 Å².